The Kier molecular flexibility index (Phi) is 3.06. The van der Waals surface area contributed by atoms with Crippen molar-refractivity contribution in [1.29, 1.82) is 0 Å². The van der Waals surface area contributed by atoms with Crippen molar-refractivity contribution in [2.75, 3.05) is 13.6 Å². The number of aromatic nitrogens is 2. The third-order valence-corrected chi connectivity index (χ3v) is 3.88. The van der Waals surface area contributed by atoms with Crippen LogP contribution in [-0.2, 0) is 6.54 Å². The van der Waals surface area contributed by atoms with Crippen LogP contribution in [0.1, 0.15) is 36.6 Å². The van der Waals surface area contributed by atoms with Gasteiger partial charge in [-0.05, 0) is 38.1 Å². The van der Waals surface area contributed by atoms with Gasteiger partial charge in [-0.15, -0.1) is 0 Å². The van der Waals surface area contributed by atoms with Crippen LogP contribution in [0.25, 0.3) is 5.65 Å². The van der Waals surface area contributed by atoms with E-state index in [4.69, 9.17) is 10.7 Å². The molecular formula is C14H20N4. The topological polar surface area (TPSA) is 46.6 Å². The molecule has 1 fully saturated rings. The van der Waals surface area contributed by atoms with Gasteiger partial charge in [0.2, 0.25) is 0 Å². The summed E-state index contributed by atoms with van der Waals surface area (Å²) in [7, 11) is 2.19. The molecule has 1 aliphatic rings. The van der Waals surface area contributed by atoms with Crippen LogP contribution < -0.4 is 5.73 Å². The molecule has 0 bridgehead atoms. The molecule has 4 heteroatoms. The number of imidazole rings is 1. The highest BCUT2D eigenvalue weighted by atomic mass is 15.2. The minimum Gasteiger partial charge on any atom is -0.326 e. The number of pyridine rings is 1. The summed E-state index contributed by atoms with van der Waals surface area (Å²) in [6.45, 7) is 1.75. The molecule has 0 radical (unpaired) electrons. The molecule has 1 saturated heterocycles. The van der Waals surface area contributed by atoms with Crippen LogP contribution >= 0.6 is 0 Å². The predicted molar refractivity (Wildman–Crippen MR) is 72.3 cm³/mol. The standard InChI is InChI=1S/C14H20N4/c1-17-7-3-2-4-13(17)12-10-18-9-11(8-15)5-6-14(18)16-12/h5-6,9-10,13H,2-4,7-8,15H2,1H3. The molecule has 2 aromatic rings. The molecule has 1 unspecified atom stereocenters. The zero-order chi connectivity index (χ0) is 12.5. The number of hydrogen-bond acceptors (Lipinski definition) is 3. The molecule has 2 N–H and O–H groups in total. The first-order valence-electron chi connectivity index (χ1n) is 6.66. The van der Waals surface area contributed by atoms with E-state index in [0.717, 1.165) is 11.2 Å². The molecule has 1 atom stereocenters. The van der Waals surface area contributed by atoms with E-state index in [9.17, 15) is 0 Å². The molecule has 4 nitrogen and oxygen atoms in total. The number of nitrogens with two attached hydrogens (primary N) is 1. The van der Waals surface area contributed by atoms with E-state index in [1.807, 2.05) is 0 Å². The van der Waals surface area contributed by atoms with E-state index in [1.165, 1.54) is 31.5 Å². The summed E-state index contributed by atoms with van der Waals surface area (Å²) in [4.78, 5) is 7.15. The van der Waals surface area contributed by atoms with Gasteiger partial charge in [0.15, 0.2) is 0 Å². The van der Waals surface area contributed by atoms with Crippen molar-refractivity contribution in [1.82, 2.24) is 14.3 Å². The van der Waals surface area contributed by atoms with E-state index in [0.29, 0.717) is 12.6 Å². The average molecular weight is 244 g/mol. The van der Waals surface area contributed by atoms with E-state index in [-0.39, 0.29) is 0 Å². The Morgan fingerprint density at radius 1 is 1.33 bits per heavy atom. The third-order valence-electron chi connectivity index (χ3n) is 3.88. The Balaban J connectivity index is 1.97. The first-order chi connectivity index (χ1) is 8.78. The Morgan fingerprint density at radius 2 is 2.22 bits per heavy atom. The van der Waals surface area contributed by atoms with Crippen LogP contribution in [0.4, 0.5) is 0 Å². The van der Waals surface area contributed by atoms with Gasteiger partial charge in [-0.1, -0.05) is 12.5 Å². The molecule has 3 heterocycles. The zero-order valence-electron chi connectivity index (χ0n) is 10.8. The molecule has 0 spiro atoms. The minimum atomic E-state index is 0.472. The highest BCUT2D eigenvalue weighted by molar-refractivity contribution is 5.42. The summed E-state index contributed by atoms with van der Waals surface area (Å²) in [5.41, 5.74) is 9.01. The molecule has 0 aliphatic carbocycles. The lowest BCUT2D eigenvalue weighted by molar-refractivity contribution is 0.184. The SMILES string of the molecule is CN1CCCCC1c1cn2cc(CN)ccc2n1. The number of rotatable bonds is 2. The molecule has 0 aromatic carbocycles. The molecule has 96 valence electrons. The molecule has 0 amide bonds. The van der Waals surface area contributed by atoms with Gasteiger partial charge < -0.3 is 10.1 Å². The molecule has 2 aromatic heterocycles. The lowest BCUT2D eigenvalue weighted by Gasteiger charge is -2.31. The zero-order valence-corrected chi connectivity index (χ0v) is 10.8. The summed E-state index contributed by atoms with van der Waals surface area (Å²) in [5, 5.41) is 0. The quantitative estimate of drug-likeness (QED) is 0.878. The van der Waals surface area contributed by atoms with Crippen LogP contribution in [0.15, 0.2) is 24.5 Å². The maximum absolute atomic E-state index is 5.67. The van der Waals surface area contributed by atoms with Crippen molar-refractivity contribution >= 4 is 5.65 Å². The summed E-state index contributed by atoms with van der Waals surface area (Å²) in [6.07, 6.45) is 8.05. The summed E-state index contributed by atoms with van der Waals surface area (Å²) in [5.74, 6) is 0. The first-order valence-corrected chi connectivity index (χ1v) is 6.66. The maximum Gasteiger partial charge on any atom is 0.137 e. The minimum absolute atomic E-state index is 0.472. The average Bonchev–Trinajstić information content (AvgIpc) is 2.81. The summed E-state index contributed by atoms with van der Waals surface area (Å²) >= 11 is 0. The Hall–Kier alpha value is -1.39. The normalized spacial score (nSPS) is 21.6. The maximum atomic E-state index is 5.67. The lowest BCUT2D eigenvalue weighted by atomic mass is 10.0. The van der Waals surface area contributed by atoms with Gasteiger partial charge in [0.05, 0.1) is 11.7 Å². The Labute approximate surface area is 107 Å². The van der Waals surface area contributed by atoms with E-state index in [1.54, 1.807) is 0 Å². The van der Waals surface area contributed by atoms with Crippen molar-refractivity contribution in [3.63, 3.8) is 0 Å². The van der Waals surface area contributed by atoms with Gasteiger partial charge in [0.1, 0.15) is 5.65 Å². The number of nitrogens with zero attached hydrogens (tertiary/aromatic N) is 3. The van der Waals surface area contributed by atoms with Crippen molar-refractivity contribution in [3.05, 3.63) is 35.8 Å². The largest absolute Gasteiger partial charge is 0.326 e. The number of fused-ring (bicyclic) bond motifs is 1. The van der Waals surface area contributed by atoms with E-state index < -0.39 is 0 Å². The molecule has 1 aliphatic heterocycles. The highest BCUT2D eigenvalue weighted by Crippen LogP contribution is 2.28. The van der Waals surface area contributed by atoms with E-state index in [2.05, 4.69) is 40.9 Å². The van der Waals surface area contributed by atoms with Gasteiger partial charge in [-0.2, -0.15) is 0 Å². The summed E-state index contributed by atoms with van der Waals surface area (Å²) < 4.78 is 2.10. The summed E-state index contributed by atoms with van der Waals surface area (Å²) in [6, 6.07) is 4.57. The second-order valence-corrected chi connectivity index (χ2v) is 5.16. The third kappa shape index (κ3) is 2.02. The second kappa shape index (κ2) is 4.71. The molecule has 3 rings (SSSR count). The van der Waals surface area contributed by atoms with Crippen LogP contribution in [0.2, 0.25) is 0 Å². The van der Waals surface area contributed by atoms with Gasteiger partial charge in [-0.3, -0.25) is 4.90 Å². The fraction of sp³-hybridized carbons (Fsp3) is 0.500. The lowest BCUT2D eigenvalue weighted by Crippen LogP contribution is -2.29. The van der Waals surface area contributed by atoms with Crippen molar-refractivity contribution in [2.24, 2.45) is 5.73 Å². The monoisotopic (exact) mass is 244 g/mol. The van der Waals surface area contributed by atoms with Crippen LogP contribution in [0.3, 0.4) is 0 Å². The van der Waals surface area contributed by atoms with Crippen molar-refractivity contribution in [2.45, 2.75) is 31.8 Å². The van der Waals surface area contributed by atoms with Gasteiger partial charge in [0, 0.05) is 18.9 Å². The van der Waals surface area contributed by atoms with Gasteiger partial charge in [0.25, 0.3) is 0 Å². The van der Waals surface area contributed by atoms with Crippen LogP contribution in [-0.4, -0.2) is 27.9 Å². The second-order valence-electron chi connectivity index (χ2n) is 5.16. The molecular weight excluding hydrogens is 224 g/mol. The highest BCUT2D eigenvalue weighted by Gasteiger charge is 2.22. The smallest absolute Gasteiger partial charge is 0.137 e. The van der Waals surface area contributed by atoms with Crippen LogP contribution in [0, 0.1) is 0 Å². The Morgan fingerprint density at radius 3 is 3.00 bits per heavy atom. The van der Waals surface area contributed by atoms with Gasteiger partial charge in [-0.25, -0.2) is 4.98 Å². The number of hydrogen-bond donors (Lipinski definition) is 1. The van der Waals surface area contributed by atoms with Crippen molar-refractivity contribution in [3.8, 4) is 0 Å². The molecule has 18 heavy (non-hydrogen) atoms. The first kappa shape index (κ1) is 11.7. The Bertz CT molecular complexity index is 546. The fourth-order valence-electron chi connectivity index (χ4n) is 2.79. The van der Waals surface area contributed by atoms with E-state index >= 15 is 0 Å². The fourth-order valence-corrected chi connectivity index (χ4v) is 2.79. The molecule has 0 saturated carbocycles. The number of piperidine rings is 1. The number of likely N-dealkylation sites (tertiary alicyclic amines) is 1. The predicted octanol–water partition coefficient (Wildman–Crippen LogP) is 1.95. The van der Waals surface area contributed by atoms with Gasteiger partial charge >= 0.3 is 0 Å². The van der Waals surface area contributed by atoms with Crippen LogP contribution in [0.5, 0.6) is 0 Å². The van der Waals surface area contributed by atoms with Crippen molar-refractivity contribution < 1.29 is 0 Å².